The SMILES string of the molecule is CCNC(=NCC(O)c1ccncc1)N(C)Cc1cccc(F)c1. The number of nitrogens with one attached hydrogen (secondary N) is 1. The Balaban J connectivity index is 2.04. The average Bonchev–Trinajstić information content (AvgIpc) is 2.59. The topological polar surface area (TPSA) is 60.8 Å². The van der Waals surface area contributed by atoms with Gasteiger partial charge >= 0.3 is 0 Å². The molecule has 1 atom stereocenters. The molecule has 0 spiro atoms. The molecule has 0 aliphatic carbocycles. The second-order valence-electron chi connectivity index (χ2n) is 5.48. The molecule has 1 heterocycles. The van der Waals surface area contributed by atoms with Gasteiger partial charge in [0.25, 0.3) is 0 Å². The lowest BCUT2D eigenvalue weighted by Crippen LogP contribution is -2.38. The summed E-state index contributed by atoms with van der Waals surface area (Å²) in [6.45, 7) is 3.44. The smallest absolute Gasteiger partial charge is 0.194 e. The van der Waals surface area contributed by atoms with Gasteiger partial charge in [0.05, 0.1) is 12.6 Å². The third-order valence-electron chi connectivity index (χ3n) is 3.51. The number of hydrogen-bond donors (Lipinski definition) is 2. The maximum atomic E-state index is 13.3. The number of aliphatic hydroxyl groups excluding tert-OH is 1. The molecule has 0 fully saturated rings. The molecule has 2 aromatic rings. The summed E-state index contributed by atoms with van der Waals surface area (Å²) in [7, 11) is 1.88. The molecule has 5 nitrogen and oxygen atoms in total. The molecule has 1 aromatic carbocycles. The number of pyridine rings is 1. The maximum Gasteiger partial charge on any atom is 0.194 e. The predicted octanol–water partition coefficient (Wildman–Crippen LogP) is 2.35. The van der Waals surface area contributed by atoms with Crippen LogP contribution in [0.1, 0.15) is 24.2 Å². The van der Waals surface area contributed by atoms with Crippen molar-refractivity contribution in [3.8, 4) is 0 Å². The fourth-order valence-electron chi connectivity index (χ4n) is 2.32. The Bertz CT molecular complexity index is 663. The monoisotopic (exact) mass is 330 g/mol. The lowest BCUT2D eigenvalue weighted by molar-refractivity contribution is 0.186. The van der Waals surface area contributed by atoms with Crippen molar-refractivity contribution in [2.75, 3.05) is 20.1 Å². The normalized spacial score (nSPS) is 12.8. The van der Waals surface area contributed by atoms with Crippen LogP contribution >= 0.6 is 0 Å². The molecule has 1 aromatic heterocycles. The fourth-order valence-corrected chi connectivity index (χ4v) is 2.32. The zero-order chi connectivity index (χ0) is 17.4. The van der Waals surface area contributed by atoms with Gasteiger partial charge < -0.3 is 15.3 Å². The lowest BCUT2D eigenvalue weighted by atomic mass is 10.1. The molecule has 2 rings (SSSR count). The van der Waals surface area contributed by atoms with Gasteiger partial charge in [-0.15, -0.1) is 0 Å². The Hall–Kier alpha value is -2.47. The number of guanidine groups is 1. The molecular weight excluding hydrogens is 307 g/mol. The van der Waals surface area contributed by atoms with Gasteiger partial charge in [0.15, 0.2) is 5.96 Å². The van der Waals surface area contributed by atoms with Crippen molar-refractivity contribution in [2.45, 2.75) is 19.6 Å². The number of rotatable bonds is 6. The Labute approximate surface area is 141 Å². The molecule has 0 saturated heterocycles. The highest BCUT2D eigenvalue weighted by molar-refractivity contribution is 5.79. The highest BCUT2D eigenvalue weighted by atomic mass is 19.1. The van der Waals surface area contributed by atoms with E-state index in [1.165, 1.54) is 12.1 Å². The summed E-state index contributed by atoms with van der Waals surface area (Å²) in [5, 5.41) is 13.4. The largest absolute Gasteiger partial charge is 0.386 e. The molecule has 0 aliphatic rings. The number of nitrogens with zero attached hydrogens (tertiary/aromatic N) is 3. The quantitative estimate of drug-likeness (QED) is 0.630. The first-order valence-electron chi connectivity index (χ1n) is 7.92. The van der Waals surface area contributed by atoms with E-state index in [4.69, 9.17) is 0 Å². The highest BCUT2D eigenvalue weighted by Crippen LogP contribution is 2.12. The molecule has 1 unspecified atom stereocenters. The Morgan fingerprint density at radius 1 is 1.33 bits per heavy atom. The maximum absolute atomic E-state index is 13.3. The molecular formula is C18H23FN4O. The Morgan fingerprint density at radius 2 is 2.08 bits per heavy atom. The van der Waals surface area contributed by atoms with Crippen molar-refractivity contribution >= 4 is 5.96 Å². The molecule has 0 saturated carbocycles. The number of aromatic nitrogens is 1. The van der Waals surface area contributed by atoms with E-state index >= 15 is 0 Å². The molecule has 0 bridgehead atoms. The summed E-state index contributed by atoms with van der Waals surface area (Å²) in [5.41, 5.74) is 1.63. The molecule has 6 heteroatoms. The van der Waals surface area contributed by atoms with Crippen molar-refractivity contribution in [3.05, 3.63) is 65.7 Å². The van der Waals surface area contributed by atoms with Crippen molar-refractivity contribution < 1.29 is 9.50 Å². The van der Waals surface area contributed by atoms with Crippen LogP contribution in [0, 0.1) is 5.82 Å². The predicted molar refractivity (Wildman–Crippen MR) is 93.0 cm³/mol. The minimum Gasteiger partial charge on any atom is -0.386 e. The number of hydrogen-bond acceptors (Lipinski definition) is 3. The zero-order valence-corrected chi connectivity index (χ0v) is 14.0. The summed E-state index contributed by atoms with van der Waals surface area (Å²) in [5.74, 6) is 0.408. The summed E-state index contributed by atoms with van der Waals surface area (Å²) >= 11 is 0. The first-order valence-corrected chi connectivity index (χ1v) is 7.92. The zero-order valence-electron chi connectivity index (χ0n) is 14.0. The molecule has 0 aliphatic heterocycles. The minimum atomic E-state index is -0.691. The van der Waals surface area contributed by atoms with E-state index in [-0.39, 0.29) is 12.4 Å². The number of benzene rings is 1. The van der Waals surface area contributed by atoms with Crippen LogP contribution in [-0.4, -0.2) is 41.1 Å². The van der Waals surface area contributed by atoms with Crippen molar-refractivity contribution in [3.63, 3.8) is 0 Å². The first-order chi connectivity index (χ1) is 11.6. The third-order valence-corrected chi connectivity index (χ3v) is 3.51. The van der Waals surface area contributed by atoms with Gasteiger partial charge in [-0.05, 0) is 42.3 Å². The van der Waals surface area contributed by atoms with Crippen molar-refractivity contribution in [1.82, 2.24) is 15.2 Å². The van der Waals surface area contributed by atoms with Crippen LogP contribution in [-0.2, 0) is 6.54 Å². The van der Waals surface area contributed by atoms with Crippen LogP contribution in [0.25, 0.3) is 0 Å². The summed E-state index contributed by atoms with van der Waals surface area (Å²) in [6.07, 6.45) is 2.59. The average molecular weight is 330 g/mol. The standard InChI is InChI=1S/C18H23FN4O/c1-3-21-18(22-12-17(24)15-7-9-20-10-8-15)23(2)13-14-5-4-6-16(19)11-14/h4-11,17,24H,3,12-13H2,1-2H3,(H,21,22). The number of halogens is 1. The van der Waals surface area contributed by atoms with Crippen molar-refractivity contribution in [2.24, 2.45) is 4.99 Å². The van der Waals surface area contributed by atoms with Crippen LogP contribution in [0.5, 0.6) is 0 Å². The van der Waals surface area contributed by atoms with E-state index in [0.717, 1.165) is 11.1 Å². The minimum absolute atomic E-state index is 0.236. The van der Waals surface area contributed by atoms with Crippen LogP contribution in [0.3, 0.4) is 0 Å². The summed E-state index contributed by atoms with van der Waals surface area (Å²) < 4.78 is 13.3. The molecule has 2 N–H and O–H groups in total. The summed E-state index contributed by atoms with van der Waals surface area (Å²) in [6, 6.07) is 10.0. The van der Waals surface area contributed by atoms with Gasteiger partial charge in [-0.3, -0.25) is 9.98 Å². The van der Waals surface area contributed by atoms with E-state index in [1.807, 2.05) is 24.9 Å². The number of aliphatic imine (C=N–C) groups is 1. The third kappa shape index (κ3) is 5.31. The van der Waals surface area contributed by atoms with E-state index in [9.17, 15) is 9.50 Å². The lowest BCUT2D eigenvalue weighted by Gasteiger charge is -2.22. The van der Waals surface area contributed by atoms with Crippen molar-refractivity contribution in [1.29, 1.82) is 0 Å². The summed E-state index contributed by atoms with van der Waals surface area (Å²) in [4.78, 5) is 10.3. The Morgan fingerprint density at radius 3 is 2.75 bits per heavy atom. The van der Waals surface area contributed by atoms with Crippen LogP contribution in [0.4, 0.5) is 4.39 Å². The van der Waals surface area contributed by atoms with Gasteiger partial charge in [-0.25, -0.2) is 4.39 Å². The van der Waals surface area contributed by atoms with Crippen LogP contribution < -0.4 is 5.32 Å². The molecule has 128 valence electrons. The second kappa shape index (κ2) is 8.98. The van der Waals surface area contributed by atoms with E-state index in [0.29, 0.717) is 19.0 Å². The molecule has 24 heavy (non-hydrogen) atoms. The van der Waals surface area contributed by atoms with Gasteiger partial charge in [0.1, 0.15) is 5.82 Å². The van der Waals surface area contributed by atoms with E-state index in [2.05, 4.69) is 15.3 Å². The first kappa shape index (κ1) is 17.9. The highest BCUT2D eigenvalue weighted by Gasteiger charge is 2.10. The number of aliphatic hydroxyl groups is 1. The van der Waals surface area contributed by atoms with Gasteiger partial charge in [-0.1, -0.05) is 12.1 Å². The Kier molecular flexibility index (Phi) is 6.69. The molecule has 0 amide bonds. The van der Waals surface area contributed by atoms with E-state index in [1.54, 1.807) is 30.6 Å². The van der Waals surface area contributed by atoms with Gasteiger partial charge in [-0.2, -0.15) is 0 Å². The van der Waals surface area contributed by atoms with Gasteiger partial charge in [0.2, 0.25) is 0 Å². The van der Waals surface area contributed by atoms with Crippen LogP contribution in [0.2, 0.25) is 0 Å². The van der Waals surface area contributed by atoms with E-state index < -0.39 is 6.10 Å². The van der Waals surface area contributed by atoms with Crippen LogP contribution in [0.15, 0.2) is 53.8 Å². The molecule has 0 radical (unpaired) electrons. The van der Waals surface area contributed by atoms with Gasteiger partial charge in [0, 0.05) is 32.5 Å². The fraction of sp³-hybridized carbons (Fsp3) is 0.333. The second-order valence-corrected chi connectivity index (χ2v) is 5.48.